The minimum atomic E-state index is -4.65. The third-order valence-electron chi connectivity index (χ3n) is 4.08. The molecule has 29 heavy (non-hydrogen) atoms. The molecule has 3 heterocycles. The van der Waals surface area contributed by atoms with Crippen molar-refractivity contribution in [3.05, 3.63) is 53.6 Å². The Morgan fingerprint density at radius 3 is 2.28 bits per heavy atom. The maximum Gasteiger partial charge on any atom is 0.435 e. The lowest BCUT2D eigenvalue weighted by molar-refractivity contribution is -0.142. The van der Waals surface area contributed by atoms with E-state index < -0.39 is 23.7 Å². The van der Waals surface area contributed by atoms with Gasteiger partial charge < -0.3 is 4.74 Å². The van der Waals surface area contributed by atoms with Crippen LogP contribution in [0.3, 0.4) is 0 Å². The van der Waals surface area contributed by atoms with Crippen molar-refractivity contribution in [1.29, 1.82) is 0 Å². The van der Waals surface area contributed by atoms with Gasteiger partial charge in [-0.1, -0.05) is 6.07 Å². The van der Waals surface area contributed by atoms with E-state index >= 15 is 0 Å². The van der Waals surface area contributed by atoms with Gasteiger partial charge in [0.25, 0.3) is 5.95 Å². The summed E-state index contributed by atoms with van der Waals surface area (Å²) in [5, 5.41) is 3.38. The van der Waals surface area contributed by atoms with Crippen molar-refractivity contribution in [3.63, 3.8) is 0 Å². The van der Waals surface area contributed by atoms with E-state index in [1.165, 1.54) is 12.3 Å². The van der Waals surface area contributed by atoms with E-state index in [9.17, 15) is 26.3 Å². The second-order valence-electron chi connectivity index (χ2n) is 6.31. The number of nitrogens with zero attached hydrogens (tertiary/aromatic N) is 5. The Balaban J connectivity index is 1.69. The summed E-state index contributed by atoms with van der Waals surface area (Å²) >= 11 is 0. The van der Waals surface area contributed by atoms with Gasteiger partial charge in [-0.15, -0.1) is 0 Å². The summed E-state index contributed by atoms with van der Waals surface area (Å²) in [5.74, 6) is -0.573. The van der Waals surface area contributed by atoms with Crippen LogP contribution in [0.5, 0.6) is 11.8 Å². The van der Waals surface area contributed by atoms with Gasteiger partial charge >= 0.3 is 12.4 Å². The van der Waals surface area contributed by atoms with E-state index in [1.54, 1.807) is 0 Å². The lowest BCUT2D eigenvalue weighted by Crippen LogP contribution is -2.10. The van der Waals surface area contributed by atoms with Crippen LogP contribution in [0, 0.1) is 0 Å². The Kier molecular flexibility index (Phi) is 4.43. The third kappa shape index (κ3) is 4.15. The summed E-state index contributed by atoms with van der Waals surface area (Å²) in [6, 6.07) is 3.91. The predicted octanol–water partition coefficient (Wildman–Crippen LogP) is 4.76. The zero-order valence-corrected chi connectivity index (χ0v) is 14.4. The van der Waals surface area contributed by atoms with Crippen LogP contribution in [0.4, 0.5) is 26.3 Å². The van der Waals surface area contributed by atoms with Crippen molar-refractivity contribution in [2.24, 2.45) is 0 Å². The van der Waals surface area contributed by atoms with Crippen LogP contribution in [-0.4, -0.2) is 24.7 Å². The summed E-state index contributed by atoms with van der Waals surface area (Å²) in [6.45, 7) is 0. The molecule has 0 bridgehead atoms. The molecule has 4 rings (SSSR count). The van der Waals surface area contributed by atoms with Gasteiger partial charge in [0.15, 0.2) is 5.69 Å². The highest BCUT2D eigenvalue weighted by molar-refractivity contribution is 5.36. The lowest BCUT2D eigenvalue weighted by Gasteiger charge is -2.12. The van der Waals surface area contributed by atoms with Crippen molar-refractivity contribution in [2.75, 3.05) is 0 Å². The minimum absolute atomic E-state index is 0.0632. The molecule has 1 saturated carbocycles. The number of alkyl halides is 6. The Morgan fingerprint density at radius 1 is 0.931 bits per heavy atom. The van der Waals surface area contributed by atoms with E-state index in [0.717, 1.165) is 41.9 Å². The van der Waals surface area contributed by atoms with Crippen LogP contribution in [0.2, 0.25) is 0 Å². The molecule has 1 fully saturated rings. The molecule has 0 atom stereocenters. The number of rotatable bonds is 4. The Bertz CT molecular complexity index is 1040. The molecule has 0 spiro atoms. The number of ether oxygens (including phenoxy) is 1. The molecule has 12 heteroatoms. The first-order chi connectivity index (χ1) is 13.6. The summed E-state index contributed by atoms with van der Waals surface area (Å²) in [6.07, 6.45) is -5.26. The van der Waals surface area contributed by atoms with Crippen molar-refractivity contribution in [2.45, 2.75) is 31.1 Å². The van der Waals surface area contributed by atoms with Crippen molar-refractivity contribution in [3.8, 4) is 17.7 Å². The van der Waals surface area contributed by atoms with E-state index in [0.29, 0.717) is 5.56 Å². The van der Waals surface area contributed by atoms with Crippen LogP contribution in [-0.2, 0) is 12.4 Å². The molecule has 152 valence electrons. The molecule has 3 aromatic rings. The van der Waals surface area contributed by atoms with Gasteiger partial charge in [-0.2, -0.15) is 36.4 Å². The van der Waals surface area contributed by atoms with Crippen LogP contribution in [0.1, 0.15) is 35.7 Å². The normalized spacial score (nSPS) is 14.8. The van der Waals surface area contributed by atoms with E-state index in [4.69, 9.17) is 4.74 Å². The lowest BCUT2D eigenvalue weighted by atomic mass is 10.2. The zero-order chi connectivity index (χ0) is 20.8. The molecule has 1 aliphatic carbocycles. The predicted molar refractivity (Wildman–Crippen MR) is 85.4 cm³/mol. The van der Waals surface area contributed by atoms with Crippen LogP contribution in [0.15, 0.2) is 36.7 Å². The number of pyridine rings is 1. The van der Waals surface area contributed by atoms with Gasteiger partial charge in [0, 0.05) is 24.0 Å². The minimum Gasteiger partial charge on any atom is -0.420 e. The molecule has 6 nitrogen and oxygen atoms in total. The molecular formula is C17H11F6N5O. The summed E-state index contributed by atoms with van der Waals surface area (Å²) in [4.78, 5) is 11.5. The molecule has 0 radical (unpaired) electrons. The van der Waals surface area contributed by atoms with Crippen molar-refractivity contribution < 1.29 is 31.1 Å². The molecule has 0 amide bonds. The average Bonchev–Trinajstić information content (AvgIpc) is 3.35. The first-order valence-corrected chi connectivity index (χ1v) is 8.33. The number of aromatic nitrogens is 5. The maximum atomic E-state index is 12.9. The van der Waals surface area contributed by atoms with Crippen LogP contribution in [0.25, 0.3) is 5.95 Å². The second kappa shape index (κ2) is 6.71. The Morgan fingerprint density at radius 2 is 1.66 bits per heavy atom. The van der Waals surface area contributed by atoms with Gasteiger partial charge in [-0.25, -0.2) is 14.6 Å². The standard InChI is InChI=1S/C17H11F6N5O/c18-16(19,20)11-2-1-3-13(25-11)29-14-10(9-4-5-9)8-24-15(26-14)28-7-6-12(27-28)17(21,22)23/h1-3,6-9H,4-5H2. The Hall–Kier alpha value is -3.18. The monoisotopic (exact) mass is 415 g/mol. The van der Waals surface area contributed by atoms with E-state index in [2.05, 4.69) is 20.1 Å². The maximum absolute atomic E-state index is 12.9. The second-order valence-corrected chi connectivity index (χ2v) is 6.31. The highest BCUT2D eigenvalue weighted by Gasteiger charge is 2.35. The molecule has 0 aromatic carbocycles. The first kappa shape index (κ1) is 19.2. The molecule has 0 saturated heterocycles. The van der Waals surface area contributed by atoms with E-state index in [-0.39, 0.29) is 23.6 Å². The number of hydrogen-bond donors (Lipinski definition) is 0. The van der Waals surface area contributed by atoms with Crippen molar-refractivity contribution >= 4 is 0 Å². The molecule has 0 aliphatic heterocycles. The van der Waals surface area contributed by atoms with Crippen LogP contribution >= 0.6 is 0 Å². The Labute approximate surface area is 159 Å². The zero-order valence-electron chi connectivity index (χ0n) is 14.4. The SMILES string of the molecule is FC(F)(F)c1cccc(Oc2nc(-n3ccc(C(F)(F)F)n3)ncc2C2CC2)n1. The fraction of sp³-hybridized carbons (Fsp3) is 0.294. The fourth-order valence-corrected chi connectivity index (χ4v) is 2.55. The van der Waals surface area contributed by atoms with Crippen molar-refractivity contribution in [1.82, 2.24) is 24.7 Å². The van der Waals surface area contributed by atoms with Gasteiger partial charge in [0.2, 0.25) is 11.8 Å². The number of halogens is 6. The smallest absolute Gasteiger partial charge is 0.420 e. The van der Waals surface area contributed by atoms with Gasteiger partial charge in [-0.3, -0.25) is 0 Å². The quantitative estimate of drug-likeness (QED) is 0.575. The largest absolute Gasteiger partial charge is 0.435 e. The topological polar surface area (TPSA) is 65.7 Å². The third-order valence-corrected chi connectivity index (χ3v) is 4.08. The summed E-state index contributed by atoms with van der Waals surface area (Å²) < 4.78 is 83.1. The summed E-state index contributed by atoms with van der Waals surface area (Å²) in [5.41, 5.74) is -1.73. The summed E-state index contributed by atoms with van der Waals surface area (Å²) in [7, 11) is 0. The first-order valence-electron chi connectivity index (χ1n) is 8.33. The van der Waals surface area contributed by atoms with E-state index in [1.807, 2.05) is 0 Å². The van der Waals surface area contributed by atoms with Gasteiger partial charge in [0.05, 0.1) is 0 Å². The molecule has 0 N–H and O–H groups in total. The highest BCUT2D eigenvalue weighted by Crippen LogP contribution is 2.44. The molecule has 1 aliphatic rings. The number of hydrogen-bond acceptors (Lipinski definition) is 5. The fourth-order valence-electron chi connectivity index (χ4n) is 2.55. The van der Waals surface area contributed by atoms with Gasteiger partial charge in [-0.05, 0) is 30.9 Å². The molecule has 0 unspecified atom stereocenters. The average molecular weight is 415 g/mol. The molecule has 3 aromatic heterocycles. The highest BCUT2D eigenvalue weighted by atomic mass is 19.4. The van der Waals surface area contributed by atoms with Crippen LogP contribution < -0.4 is 4.74 Å². The molecular weight excluding hydrogens is 404 g/mol. The van der Waals surface area contributed by atoms with Gasteiger partial charge in [0.1, 0.15) is 5.69 Å².